The van der Waals surface area contributed by atoms with E-state index in [4.69, 9.17) is 4.74 Å². The van der Waals surface area contributed by atoms with Crippen LogP contribution in [0.4, 0.5) is 0 Å². The van der Waals surface area contributed by atoms with Crippen LogP contribution in [-0.2, 0) is 9.53 Å². The Hall–Kier alpha value is -0.610. The van der Waals surface area contributed by atoms with E-state index in [1.807, 2.05) is 0 Å². The van der Waals surface area contributed by atoms with E-state index in [1.165, 1.54) is 32.1 Å². The number of nitrogens with one attached hydrogen (secondary N) is 1. The molecule has 3 rings (SSSR count). The van der Waals surface area contributed by atoms with Gasteiger partial charge < -0.3 is 15.0 Å². The molecule has 19 heavy (non-hydrogen) atoms. The van der Waals surface area contributed by atoms with Crippen molar-refractivity contribution in [2.45, 2.75) is 69.6 Å². The van der Waals surface area contributed by atoms with E-state index in [0.29, 0.717) is 24.4 Å². The summed E-state index contributed by atoms with van der Waals surface area (Å²) in [4.78, 5) is 14.6. The van der Waals surface area contributed by atoms with Crippen LogP contribution in [0.1, 0.15) is 51.4 Å². The molecule has 0 saturated carbocycles. The standard InChI is InChI=1S/C15H26N2O2/c18-15(11-12-5-1-2-10-19-12)17-9-4-7-14(17)13-6-3-8-16-13/h12-14,16H,1-11H2. The van der Waals surface area contributed by atoms with E-state index >= 15 is 0 Å². The summed E-state index contributed by atoms with van der Waals surface area (Å²) in [6, 6.07) is 0.984. The van der Waals surface area contributed by atoms with E-state index in [9.17, 15) is 4.79 Å². The fraction of sp³-hybridized carbons (Fsp3) is 0.933. The number of likely N-dealkylation sites (tertiary alicyclic amines) is 1. The van der Waals surface area contributed by atoms with Gasteiger partial charge in [0.15, 0.2) is 0 Å². The molecule has 3 saturated heterocycles. The highest BCUT2D eigenvalue weighted by Gasteiger charge is 2.36. The normalized spacial score (nSPS) is 35.8. The van der Waals surface area contributed by atoms with Crippen LogP contribution in [0, 0.1) is 0 Å². The summed E-state index contributed by atoms with van der Waals surface area (Å²) in [5.41, 5.74) is 0. The number of hydrogen-bond donors (Lipinski definition) is 1. The van der Waals surface area contributed by atoms with Gasteiger partial charge in [0.25, 0.3) is 0 Å². The summed E-state index contributed by atoms with van der Waals surface area (Å²) < 4.78 is 5.71. The number of carbonyl (C=O) groups is 1. The number of carbonyl (C=O) groups excluding carboxylic acids is 1. The molecule has 3 aliphatic heterocycles. The number of rotatable bonds is 3. The summed E-state index contributed by atoms with van der Waals surface area (Å²) in [5, 5.41) is 3.56. The molecule has 3 aliphatic rings. The Morgan fingerprint density at radius 2 is 2.11 bits per heavy atom. The van der Waals surface area contributed by atoms with E-state index < -0.39 is 0 Å². The highest BCUT2D eigenvalue weighted by Crippen LogP contribution is 2.26. The molecule has 0 aromatic heterocycles. The second-order valence-electron chi connectivity index (χ2n) is 6.19. The highest BCUT2D eigenvalue weighted by molar-refractivity contribution is 5.77. The smallest absolute Gasteiger partial charge is 0.225 e. The lowest BCUT2D eigenvalue weighted by molar-refractivity contribution is -0.136. The summed E-state index contributed by atoms with van der Waals surface area (Å²) >= 11 is 0. The van der Waals surface area contributed by atoms with Gasteiger partial charge in [-0.05, 0) is 51.5 Å². The van der Waals surface area contributed by atoms with Gasteiger partial charge in [-0.2, -0.15) is 0 Å². The molecule has 0 aromatic rings. The molecular formula is C15H26N2O2. The maximum atomic E-state index is 12.5. The average molecular weight is 266 g/mol. The Kier molecular flexibility index (Phi) is 4.38. The van der Waals surface area contributed by atoms with Gasteiger partial charge in [-0.1, -0.05) is 0 Å². The Morgan fingerprint density at radius 3 is 2.84 bits per heavy atom. The third kappa shape index (κ3) is 3.11. The first-order chi connectivity index (χ1) is 9.34. The van der Waals surface area contributed by atoms with E-state index in [2.05, 4.69) is 10.2 Å². The van der Waals surface area contributed by atoms with Crippen molar-refractivity contribution in [1.29, 1.82) is 0 Å². The zero-order valence-corrected chi connectivity index (χ0v) is 11.8. The largest absolute Gasteiger partial charge is 0.378 e. The molecule has 108 valence electrons. The van der Waals surface area contributed by atoms with Crippen LogP contribution in [0.25, 0.3) is 0 Å². The van der Waals surface area contributed by atoms with Gasteiger partial charge in [-0.25, -0.2) is 0 Å². The number of ether oxygens (including phenoxy) is 1. The fourth-order valence-corrected chi connectivity index (χ4v) is 3.84. The molecule has 4 nitrogen and oxygen atoms in total. The third-order valence-corrected chi connectivity index (χ3v) is 4.86. The van der Waals surface area contributed by atoms with Crippen molar-refractivity contribution in [3.05, 3.63) is 0 Å². The van der Waals surface area contributed by atoms with Crippen molar-refractivity contribution in [1.82, 2.24) is 10.2 Å². The Bertz CT molecular complexity index is 309. The van der Waals surface area contributed by atoms with Crippen LogP contribution in [-0.4, -0.2) is 48.7 Å². The maximum absolute atomic E-state index is 12.5. The van der Waals surface area contributed by atoms with Crippen molar-refractivity contribution >= 4 is 5.91 Å². The molecule has 0 bridgehead atoms. The quantitative estimate of drug-likeness (QED) is 0.845. The third-order valence-electron chi connectivity index (χ3n) is 4.86. The topological polar surface area (TPSA) is 41.6 Å². The molecule has 0 spiro atoms. The van der Waals surface area contributed by atoms with Gasteiger partial charge in [-0.3, -0.25) is 4.79 Å². The summed E-state index contributed by atoms with van der Waals surface area (Å²) in [6.45, 7) is 2.91. The Labute approximate surface area is 115 Å². The SMILES string of the molecule is O=C(CC1CCCCO1)N1CCCC1C1CCCN1. The van der Waals surface area contributed by atoms with Gasteiger partial charge in [-0.15, -0.1) is 0 Å². The van der Waals surface area contributed by atoms with Gasteiger partial charge in [0.05, 0.1) is 12.5 Å². The van der Waals surface area contributed by atoms with Crippen LogP contribution >= 0.6 is 0 Å². The van der Waals surface area contributed by atoms with Crippen LogP contribution in [0.5, 0.6) is 0 Å². The van der Waals surface area contributed by atoms with Crippen molar-refractivity contribution < 1.29 is 9.53 Å². The molecule has 0 aromatic carbocycles. The molecule has 3 fully saturated rings. The zero-order valence-electron chi connectivity index (χ0n) is 11.8. The Balaban J connectivity index is 1.55. The minimum absolute atomic E-state index is 0.180. The highest BCUT2D eigenvalue weighted by atomic mass is 16.5. The van der Waals surface area contributed by atoms with Gasteiger partial charge >= 0.3 is 0 Å². The minimum Gasteiger partial charge on any atom is -0.378 e. The molecule has 3 unspecified atom stereocenters. The van der Waals surface area contributed by atoms with E-state index in [-0.39, 0.29) is 6.10 Å². The molecule has 0 radical (unpaired) electrons. The first-order valence-corrected chi connectivity index (χ1v) is 7.99. The van der Waals surface area contributed by atoms with Gasteiger partial charge in [0.1, 0.15) is 0 Å². The van der Waals surface area contributed by atoms with Crippen LogP contribution in [0.2, 0.25) is 0 Å². The first-order valence-electron chi connectivity index (χ1n) is 7.99. The molecule has 4 heteroatoms. The molecule has 3 heterocycles. The zero-order chi connectivity index (χ0) is 13.1. The van der Waals surface area contributed by atoms with Crippen LogP contribution < -0.4 is 5.32 Å². The summed E-state index contributed by atoms with van der Waals surface area (Å²) in [5.74, 6) is 0.322. The Morgan fingerprint density at radius 1 is 1.16 bits per heavy atom. The van der Waals surface area contributed by atoms with Crippen LogP contribution in [0.3, 0.4) is 0 Å². The van der Waals surface area contributed by atoms with E-state index in [1.54, 1.807) is 0 Å². The van der Waals surface area contributed by atoms with Gasteiger partial charge in [0, 0.05) is 25.2 Å². The molecule has 1 N–H and O–H groups in total. The van der Waals surface area contributed by atoms with Crippen molar-refractivity contribution in [2.75, 3.05) is 19.7 Å². The molecule has 3 atom stereocenters. The number of nitrogens with zero attached hydrogens (tertiary/aromatic N) is 1. The fourth-order valence-electron chi connectivity index (χ4n) is 3.84. The second kappa shape index (κ2) is 6.23. The van der Waals surface area contributed by atoms with Crippen molar-refractivity contribution in [2.24, 2.45) is 0 Å². The van der Waals surface area contributed by atoms with Crippen molar-refractivity contribution in [3.8, 4) is 0 Å². The van der Waals surface area contributed by atoms with Crippen molar-refractivity contribution in [3.63, 3.8) is 0 Å². The number of amides is 1. The second-order valence-corrected chi connectivity index (χ2v) is 6.19. The van der Waals surface area contributed by atoms with Gasteiger partial charge in [0.2, 0.25) is 5.91 Å². The lowest BCUT2D eigenvalue weighted by Gasteiger charge is -2.31. The lowest BCUT2D eigenvalue weighted by atomic mass is 10.0. The van der Waals surface area contributed by atoms with Crippen LogP contribution in [0.15, 0.2) is 0 Å². The average Bonchev–Trinajstić information content (AvgIpc) is 3.10. The molecule has 0 aliphatic carbocycles. The minimum atomic E-state index is 0.180. The maximum Gasteiger partial charge on any atom is 0.225 e. The predicted molar refractivity (Wildman–Crippen MR) is 74.0 cm³/mol. The monoisotopic (exact) mass is 266 g/mol. The molecule has 1 amide bonds. The van der Waals surface area contributed by atoms with E-state index in [0.717, 1.165) is 32.5 Å². The first kappa shape index (κ1) is 13.4. The molecular weight excluding hydrogens is 240 g/mol. The summed E-state index contributed by atoms with van der Waals surface area (Å²) in [6.07, 6.45) is 9.04. The number of hydrogen-bond acceptors (Lipinski definition) is 3. The predicted octanol–water partition coefficient (Wildman–Crippen LogP) is 1.69. The summed E-state index contributed by atoms with van der Waals surface area (Å²) in [7, 11) is 0. The lowest BCUT2D eigenvalue weighted by Crippen LogP contribution is -2.47.